The van der Waals surface area contributed by atoms with Gasteiger partial charge in [0.2, 0.25) is 0 Å². The molecular weight excluding hydrogens is 288 g/mol. The quantitative estimate of drug-likeness (QED) is 0.788. The predicted octanol–water partition coefficient (Wildman–Crippen LogP) is 5.02. The second-order valence-corrected chi connectivity index (χ2v) is 6.43. The molecule has 2 rings (SSSR count). The molecule has 1 N–H and O–H groups in total. The average Bonchev–Trinajstić information content (AvgIpc) is 2.83. The summed E-state index contributed by atoms with van der Waals surface area (Å²) < 4.78 is 0. The third-order valence-electron chi connectivity index (χ3n) is 4.30. The maximum atomic E-state index is 5.26. The van der Waals surface area contributed by atoms with Crippen LogP contribution in [0.15, 0.2) is 25.8 Å². The second kappa shape index (κ2) is 6.49. The fraction of sp³-hybridized carbons (Fsp3) is 0.316. The van der Waals surface area contributed by atoms with Crippen molar-refractivity contribution in [3.63, 3.8) is 0 Å². The highest BCUT2D eigenvalue weighted by molar-refractivity contribution is 7.80. The Morgan fingerprint density at radius 2 is 2.14 bits per heavy atom. The van der Waals surface area contributed by atoms with E-state index in [1.807, 2.05) is 33.0 Å². The number of H-pyrrole nitrogens is 1. The number of aromatic amines is 1. The van der Waals surface area contributed by atoms with E-state index < -0.39 is 0 Å². The number of nitrogens with zero attached hydrogens (tertiary/aromatic N) is 1. The van der Waals surface area contributed by atoms with Crippen molar-refractivity contribution < 1.29 is 0 Å². The van der Waals surface area contributed by atoms with Gasteiger partial charge in [-0.3, -0.25) is 0 Å². The van der Waals surface area contributed by atoms with Gasteiger partial charge in [-0.15, -0.1) is 0 Å². The van der Waals surface area contributed by atoms with Crippen LogP contribution < -0.4 is 0 Å². The van der Waals surface area contributed by atoms with Gasteiger partial charge in [-0.1, -0.05) is 44.1 Å². The average molecular weight is 312 g/mol. The summed E-state index contributed by atoms with van der Waals surface area (Å²) in [5.74, 6) is 0.329. The number of hydrogen-bond acceptors (Lipinski definition) is 1. The van der Waals surface area contributed by atoms with E-state index in [2.05, 4.69) is 35.7 Å². The Morgan fingerprint density at radius 1 is 1.45 bits per heavy atom. The lowest BCUT2D eigenvalue weighted by atomic mass is 9.79. The maximum Gasteiger partial charge on any atom is 0.0745 e. The number of fused-ring (bicyclic) bond motifs is 1. The molecule has 0 aliphatic heterocycles. The normalized spacial score (nSPS) is 17.7. The fourth-order valence-corrected chi connectivity index (χ4v) is 3.08. The largest absolute Gasteiger partial charge is 0.369 e. The molecule has 1 unspecified atom stereocenters. The lowest BCUT2D eigenvalue weighted by molar-refractivity contribution is 0.445. The van der Waals surface area contributed by atoms with Crippen LogP contribution in [0.2, 0.25) is 0 Å². The smallest absolute Gasteiger partial charge is 0.0745 e. The van der Waals surface area contributed by atoms with E-state index in [1.165, 1.54) is 5.56 Å². The Hall–Kier alpha value is -1.87. The van der Waals surface area contributed by atoms with Crippen molar-refractivity contribution in [1.82, 2.24) is 9.88 Å². The Bertz CT molecular complexity index is 676. The van der Waals surface area contributed by atoms with Gasteiger partial charge in [-0.05, 0) is 37.5 Å². The van der Waals surface area contributed by atoms with Gasteiger partial charge in [-0.25, -0.2) is 0 Å². The molecule has 1 atom stereocenters. The summed E-state index contributed by atoms with van der Waals surface area (Å²) >= 11 is 5.26. The molecule has 1 aliphatic rings. The van der Waals surface area contributed by atoms with E-state index >= 15 is 0 Å². The van der Waals surface area contributed by atoms with Crippen molar-refractivity contribution in [2.45, 2.75) is 20.3 Å². The first-order chi connectivity index (χ1) is 10.4. The number of aromatic nitrogens is 1. The first-order valence-electron chi connectivity index (χ1n) is 7.50. The molecule has 1 aromatic rings. The van der Waals surface area contributed by atoms with Gasteiger partial charge in [-0.2, -0.15) is 0 Å². The molecule has 3 heteroatoms. The van der Waals surface area contributed by atoms with E-state index in [9.17, 15) is 0 Å². The van der Waals surface area contributed by atoms with Crippen LogP contribution in [0.25, 0.3) is 23.3 Å². The summed E-state index contributed by atoms with van der Waals surface area (Å²) in [6.07, 6.45) is 6.90. The Labute approximate surface area is 138 Å². The maximum absolute atomic E-state index is 5.26. The Balaban J connectivity index is 2.45. The fourth-order valence-electron chi connectivity index (χ4n) is 3.00. The molecule has 0 saturated heterocycles. The van der Waals surface area contributed by atoms with Crippen molar-refractivity contribution in [3.8, 4) is 0 Å². The molecule has 0 radical (unpaired) electrons. The molecule has 2 nitrogen and oxygen atoms in total. The second-order valence-electron chi connectivity index (χ2n) is 5.84. The number of hydrogen-bond donors (Lipinski definition) is 1. The van der Waals surface area contributed by atoms with E-state index in [0.717, 1.165) is 46.1 Å². The van der Waals surface area contributed by atoms with Crippen LogP contribution in [-0.2, 0) is 0 Å². The summed E-state index contributed by atoms with van der Waals surface area (Å²) in [6, 6.07) is 0. The topological polar surface area (TPSA) is 19.0 Å². The van der Waals surface area contributed by atoms with Crippen LogP contribution in [0.3, 0.4) is 0 Å². The number of thiocarbonyl (C=S) groups is 1. The summed E-state index contributed by atoms with van der Waals surface area (Å²) in [7, 11) is 2.03. The molecule has 0 saturated carbocycles. The molecule has 0 amide bonds. The van der Waals surface area contributed by atoms with Crippen molar-refractivity contribution in [2.24, 2.45) is 5.92 Å². The monoisotopic (exact) mass is 312 g/mol. The third-order valence-corrected chi connectivity index (χ3v) is 4.61. The van der Waals surface area contributed by atoms with Gasteiger partial charge in [0.1, 0.15) is 0 Å². The number of nitrogens with one attached hydrogen (secondary N) is 1. The zero-order valence-electron chi connectivity index (χ0n) is 13.7. The van der Waals surface area contributed by atoms with Crippen molar-refractivity contribution in [1.29, 1.82) is 0 Å². The molecule has 0 bridgehead atoms. The molecule has 0 spiro atoms. The van der Waals surface area contributed by atoms with Crippen LogP contribution in [0, 0.1) is 5.92 Å². The number of allylic oxidation sites excluding steroid dienone is 2. The highest BCUT2D eigenvalue weighted by Gasteiger charge is 2.30. The summed E-state index contributed by atoms with van der Waals surface area (Å²) in [5.41, 5.74) is 6.73. The van der Waals surface area contributed by atoms with Crippen LogP contribution in [0.1, 0.15) is 42.8 Å². The highest BCUT2D eigenvalue weighted by Crippen LogP contribution is 2.43. The molecule has 0 fully saturated rings. The van der Waals surface area contributed by atoms with Crippen LogP contribution in [-0.4, -0.2) is 28.5 Å². The minimum absolute atomic E-state index is 0.329. The molecule has 1 aliphatic carbocycles. The Morgan fingerprint density at radius 3 is 2.68 bits per heavy atom. The van der Waals surface area contributed by atoms with E-state index in [4.69, 9.17) is 12.2 Å². The molecule has 116 valence electrons. The van der Waals surface area contributed by atoms with Gasteiger partial charge >= 0.3 is 0 Å². The molecular formula is C19H24N2S. The molecule has 0 aromatic carbocycles. The zero-order valence-corrected chi connectivity index (χ0v) is 14.5. The predicted molar refractivity (Wildman–Crippen MR) is 103 cm³/mol. The summed E-state index contributed by atoms with van der Waals surface area (Å²) in [4.78, 5) is 6.48. The first kappa shape index (κ1) is 16.5. The van der Waals surface area contributed by atoms with Gasteiger partial charge in [0.05, 0.1) is 4.99 Å². The van der Waals surface area contributed by atoms with Gasteiger partial charge in [0.15, 0.2) is 0 Å². The van der Waals surface area contributed by atoms with Crippen molar-refractivity contribution in [3.05, 3.63) is 48.3 Å². The number of rotatable bonds is 4. The molecule has 22 heavy (non-hydrogen) atoms. The van der Waals surface area contributed by atoms with Gasteiger partial charge < -0.3 is 9.88 Å². The summed E-state index contributed by atoms with van der Waals surface area (Å²) in [6.45, 7) is 17.4. The minimum atomic E-state index is 0.329. The van der Waals surface area contributed by atoms with Crippen LogP contribution in [0.4, 0.5) is 0 Å². The SMILES string of the molecule is C=Cc1c(/C=C\C)[nH]c2c1C(=C)C(CN(C)C(C)=S)CC2=C. The van der Waals surface area contributed by atoms with Crippen molar-refractivity contribution in [2.75, 3.05) is 13.6 Å². The van der Waals surface area contributed by atoms with E-state index in [1.54, 1.807) is 0 Å². The van der Waals surface area contributed by atoms with Crippen LogP contribution >= 0.6 is 12.2 Å². The first-order valence-corrected chi connectivity index (χ1v) is 7.91. The molecule has 1 heterocycles. The Kier molecular flexibility index (Phi) is 4.87. The lowest BCUT2D eigenvalue weighted by Gasteiger charge is -2.31. The van der Waals surface area contributed by atoms with Gasteiger partial charge in [0, 0.05) is 42.0 Å². The highest BCUT2D eigenvalue weighted by atomic mass is 32.1. The standard InChI is InChI=1S/C19H24N2S/c1-7-9-17-16(8-2)18-13(4)15(11-21(6)14(5)22)10-12(3)19(18)20-17/h7-9,15,20H,2-4,10-11H2,1,5-6H3/b9-7-. The zero-order chi connectivity index (χ0) is 16.4. The van der Waals surface area contributed by atoms with Crippen molar-refractivity contribution >= 4 is 40.5 Å². The van der Waals surface area contributed by atoms with Crippen LogP contribution in [0.5, 0.6) is 0 Å². The van der Waals surface area contributed by atoms with Gasteiger partial charge in [0.25, 0.3) is 0 Å². The lowest BCUT2D eigenvalue weighted by Crippen LogP contribution is -2.30. The molecule has 1 aromatic heterocycles. The van der Waals surface area contributed by atoms with E-state index in [0.29, 0.717) is 5.92 Å². The van der Waals surface area contributed by atoms with E-state index in [-0.39, 0.29) is 0 Å². The minimum Gasteiger partial charge on any atom is -0.369 e. The third kappa shape index (κ3) is 2.86. The summed E-state index contributed by atoms with van der Waals surface area (Å²) in [5, 5.41) is 0.